The van der Waals surface area contributed by atoms with Crippen LogP contribution in [0.25, 0.3) is 15.9 Å². The molecule has 3 aromatic carbocycles. The first-order valence-electron chi connectivity index (χ1n) is 23.0. The molecule has 1 amide bonds. The number of hydrogen-bond donors (Lipinski definition) is 3. The lowest BCUT2D eigenvalue weighted by Crippen LogP contribution is -2.40. The van der Waals surface area contributed by atoms with E-state index in [0.717, 1.165) is 83.6 Å². The molecular formula is C51H60ClN9O4S. The van der Waals surface area contributed by atoms with E-state index in [-0.39, 0.29) is 12.3 Å². The van der Waals surface area contributed by atoms with Gasteiger partial charge in [0, 0.05) is 76.6 Å². The number of amides is 1. The van der Waals surface area contributed by atoms with Crippen LogP contribution in [0.2, 0.25) is 5.02 Å². The van der Waals surface area contributed by atoms with E-state index < -0.39 is 6.04 Å². The molecule has 0 spiro atoms. The van der Waals surface area contributed by atoms with Crippen molar-refractivity contribution in [1.29, 1.82) is 0 Å². The topological polar surface area (TPSA) is 132 Å². The summed E-state index contributed by atoms with van der Waals surface area (Å²) < 4.78 is 21.7. The van der Waals surface area contributed by atoms with Gasteiger partial charge in [0.25, 0.3) is 0 Å². The van der Waals surface area contributed by atoms with Gasteiger partial charge in [-0.15, -0.1) is 21.5 Å². The Morgan fingerprint density at radius 2 is 1.64 bits per heavy atom. The van der Waals surface area contributed by atoms with Gasteiger partial charge in [0.15, 0.2) is 5.82 Å². The fourth-order valence-electron chi connectivity index (χ4n) is 8.59. The summed E-state index contributed by atoms with van der Waals surface area (Å²) in [7, 11) is 0. The minimum atomic E-state index is -0.524. The average molecular weight is 931 g/mol. The van der Waals surface area contributed by atoms with Crippen molar-refractivity contribution in [2.45, 2.75) is 65.6 Å². The van der Waals surface area contributed by atoms with E-state index in [0.29, 0.717) is 69.6 Å². The molecule has 0 saturated carbocycles. The molecule has 0 aliphatic carbocycles. The SMILES string of the molecule is CCn1c(C#CCNc2ccccc2)cc2c(NC3CCN(CCOCCOCCOCCNC(=O)C[C@@H]4N=C(c5ccc(Cl)cc5)c5c(sc(C)c5C)-n5c(C)nnc54)CC3)cccc21. The van der Waals surface area contributed by atoms with E-state index in [9.17, 15) is 4.79 Å². The number of rotatable bonds is 20. The third-order valence-corrected chi connectivity index (χ3v) is 13.6. The number of nitrogens with zero attached hydrogens (tertiary/aromatic N) is 6. The molecule has 1 atom stereocenters. The van der Waals surface area contributed by atoms with Gasteiger partial charge in [-0.2, -0.15) is 0 Å². The van der Waals surface area contributed by atoms with Crippen molar-refractivity contribution in [1.82, 2.24) is 29.5 Å². The Balaban J connectivity index is 0.692. The third kappa shape index (κ3) is 11.5. The van der Waals surface area contributed by atoms with Crippen molar-refractivity contribution < 1.29 is 19.0 Å². The van der Waals surface area contributed by atoms with Crippen LogP contribution < -0.4 is 16.0 Å². The van der Waals surface area contributed by atoms with Crippen LogP contribution in [-0.4, -0.2) is 114 Å². The van der Waals surface area contributed by atoms with Crippen LogP contribution in [0.3, 0.4) is 0 Å². The van der Waals surface area contributed by atoms with Gasteiger partial charge >= 0.3 is 0 Å². The van der Waals surface area contributed by atoms with Crippen LogP contribution in [0.15, 0.2) is 83.9 Å². The van der Waals surface area contributed by atoms with Crippen molar-refractivity contribution in [3.8, 4) is 16.8 Å². The predicted molar refractivity (Wildman–Crippen MR) is 266 cm³/mol. The average Bonchev–Trinajstić information content (AvgIpc) is 3.96. The van der Waals surface area contributed by atoms with Crippen LogP contribution in [0.5, 0.6) is 0 Å². The summed E-state index contributed by atoms with van der Waals surface area (Å²) in [6.45, 7) is 16.1. The first-order valence-corrected chi connectivity index (χ1v) is 24.2. The van der Waals surface area contributed by atoms with Crippen molar-refractivity contribution in [2.24, 2.45) is 4.99 Å². The molecule has 2 aliphatic rings. The minimum absolute atomic E-state index is 0.125. The normalized spacial score (nSPS) is 15.1. The van der Waals surface area contributed by atoms with Crippen LogP contribution in [-0.2, 0) is 25.5 Å². The lowest BCUT2D eigenvalue weighted by Gasteiger charge is -2.32. The van der Waals surface area contributed by atoms with Crippen LogP contribution in [0.4, 0.5) is 11.4 Å². The highest BCUT2D eigenvalue weighted by Gasteiger charge is 2.32. The molecule has 15 heteroatoms. The number of para-hydroxylation sites is 1. The molecule has 66 heavy (non-hydrogen) atoms. The number of ether oxygens (including phenoxy) is 3. The Morgan fingerprint density at radius 1 is 0.894 bits per heavy atom. The highest BCUT2D eigenvalue weighted by atomic mass is 35.5. The van der Waals surface area contributed by atoms with Gasteiger partial charge in [0.1, 0.15) is 16.9 Å². The number of carbonyl (C=O) groups excluding carboxylic acids is 1. The number of likely N-dealkylation sites (tertiary alicyclic amines) is 1. The molecule has 2 aliphatic heterocycles. The summed E-state index contributed by atoms with van der Waals surface area (Å²) in [5.74, 6) is 7.98. The molecule has 3 aromatic heterocycles. The number of nitrogens with one attached hydrogen (secondary N) is 3. The molecule has 6 aromatic rings. The predicted octanol–water partition coefficient (Wildman–Crippen LogP) is 8.37. The fourth-order valence-corrected chi connectivity index (χ4v) is 9.93. The standard InChI is InChI=1S/C51H60ClN9O4S/c1-5-60-42(13-10-22-53-40-11-7-6-8-12-40)33-43-44(14-9-15-46(43)60)55-41-20-24-59(25-21-41)26-28-64-30-32-65-31-29-63-27-23-54-47(62)34-45-50-58-57-37(4)61(50)51-48(35(2)36(3)66-51)49(56-45)38-16-18-39(52)19-17-38/h6-9,11-12,14-19,33,41,45,53,55H,5,20-32,34H2,1-4H3,(H,54,62)/t45-/m0/s1. The van der Waals surface area contributed by atoms with Crippen molar-refractivity contribution in [2.75, 3.05) is 83.0 Å². The van der Waals surface area contributed by atoms with Gasteiger partial charge in [-0.1, -0.05) is 53.9 Å². The number of fused-ring (bicyclic) bond motifs is 4. The number of aliphatic imine (C=N–C) groups is 1. The Hall–Kier alpha value is -5.53. The summed E-state index contributed by atoms with van der Waals surface area (Å²) in [5, 5.41) is 22.0. The molecule has 346 valence electrons. The highest BCUT2D eigenvalue weighted by molar-refractivity contribution is 7.15. The van der Waals surface area contributed by atoms with Crippen molar-refractivity contribution in [3.05, 3.63) is 123 Å². The monoisotopic (exact) mass is 929 g/mol. The Kier molecular flexibility index (Phi) is 16.2. The molecule has 1 fully saturated rings. The summed E-state index contributed by atoms with van der Waals surface area (Å²) in [6, 6.07) is 26.5. The maximum atomic E-state index is 13.3. The number of benzene rings is 3. The van der Waals surface area contributed by atoms with Gasteiger partial charge in [0.2, 0.25) is 5.91 Å². The van der Waals surface area contributed by atoms with E-state index in [1.165, 1.54) is 21.5 Å². The van der Waals surface area contributed by atoms with Crippen molar-refractivity contribution >= 4 is 56.8 Å². The third-order valence-electron chi connectivity index (χ3n) is 12.2. The second kappa shape index (κ2) is 22.8. The first-order chi connectivity index (χ1) is 32.3. The zero-order valence-corrected chi connectivity index (χ0v) is 39.9. The summed E-state index contributed by atoms with van der Waals surface area (Å²) in [6.07, 6.45) is 2.28. The first kappa shape index (κ1) is 47.0. The zero-order chi connectivity index (χ0) is 45.8. The minimum Gasteiger partial charge on any atom is -0.382 e. The maximum absolute atomic E-state index is 13.3. The molecule has 8 rings (SSSR count). The molecule has 13 nitrogen and oxygen atoms in total. The van der Waals surface area contributed by atoms with Crippen LogP contribution >= 0.6 is 22.9 Å². The van der Waals surface area contributed by atoms with Crippen LogP contribution in [0, 0.1) is 32.6 Å². The van der Waals surface area contributed by atoms with E-state index in [1.54, 1.807) is 11.3 Å². The number of hydrogen-bond acceptors (Lipinski definition) is 11. The van der Waals surface area contributed by atoms with Gasteiger partial charge < -0.3 is 39.6 Å². The molecule has 0 unspecified atom stereocenters. The summed E-state index contributed by atoms with van der Waals surface area (Å²) in [4.78, 5) is 22.1. The van der Waals surface area contributed by atoms with Gasteiger partial charge in [0.05, 0.1) is 69.5 Å². The van der Waals surface area contributed by atoms with E-state index >= 15 is 0 Å². The van der Waals surface area contributed by atoms with Gasteiger partial charge in [-0.05, 0) is 94.5 Å². The van der Waals surface area contributed by atoms with Crippen LogP contribution in [0.1, 0.15) is 71.1 Å². The van der Waals surface area contributed by atoms with Gasteiger partial charge in [-0.25, -0.2) is 0 Å². The van der Waals surface area contributed by atoms with E-state index in [4.69, 9.17) is 30.8 Å². The molecule has 0 radical (unpaired) electrons. The Morgan fingerprint density at radius 3 is 2.39 bits per heavy atom. The smallest absolute Gasteiger partial charge is 0.222 e. The molecule has 1 saturated heterocycles. The maximum Gasteiger partial charge on any atom is 0.222 e. The second-order valence-corrected chi connectivity index (χ2v) is 18.2. The highest BCUT2D eigenvalue weighted by Crippen LogP contribution is 2.39. The number of halogens is 1. The molecule has 3 N–H and O–H groups in total. The van der Waals surface area contributed by atoms with E-state index in [2.05, 4.69) is 109 Å². The second-order valence-electron chi connectivity index (χ2n) is 16.6. The largest absolute Gasteiger partial charge is 0.382 e. The lowest BCUT2D eigenvalue weighted by molar-refractivity contribution is -0.121. The number of anilines is 2. The summed E-state index contributed by atoms with van der Waals surface area (Å²) in [5.41, 5.74) is 8.44. The van der Waals surface area contributed by atoms with Gasteiger partial charge in [-0.3, -0.25) is 14.4 Å². The van der Waals surface area contributed by atoms with E-state index in [1.807, 2.05) is 49.4 Å². The number of piperidine rings is 1. The molecule has 0 bridgehead atoms. The lowest BCUT2D eigenvalue weighted by atomic mass is 9.99. The summed E-state index contributed by atoms with van der Waals surface area (Å²) >= 11 is 7.93. The quantitative estimate of drug-likeness (QED) is 0.0511. The number of carbonyl (C=O) groups is 1. The number of aryl methyl sites for hydroxylation is 3. The Bertz CT molecular complexity index is 2660. The fraction of sp³-hybridized carbons (Fsp3) is 0.412. The molecule has 5 heterocycles. The number of thiophene rings is 1. The van der Waals surface area contributed by atoms with Crippen molar-refractivity contribution in [3.63, 3.8) is 0 Å². The number of aromatic nitrogens is 4. The molecular weight excluding hydrogens is 870 g/mol. The zero-order valence-electron chi connectivity index (χ0n) is 38.4. The Labute approximate surface area is 396 Å².